The smallest absolute Gasteiger partial charge is 0.313 e. The molecule has 1 aromatic rings. The van der Waals surface area contributed by atoms with Crippen LogP contribution in [0.25, 0.3) is 0 Å². The van der Waals surface area contributed by atoms with Crippen molar-refractivity contribution in [2.75, 3.05) is 18.4 Å². The topological polar surface area (TPSA) is 86.7 Å². The number of amides is 2. The van der Waals surface area contributed by atoms with Crippen molar-refractivity contribution >= 4 is 23.5 Å². The third-order valence-electron chi connectivity index (χ3n) is 4.33. The van der Waals surface area contributed by atoms with Crippen LogP contribution in [0.3, 0.4) is 0 Å². The average molecular weight is 332 g/mol. The first-order valence-electron chi connectivity index (χ1n) is 8.12. The van der Waals surface area contributed by atoms with Gasteiger partial charge < -0.3 is 15.3 Å². The summed E-state index contributed by atoms with van der Waals surface area (Å²) in [6.07, 6.45) is 0.767. The largest absolute Gasteiger partial charge is 0.481 e. The second-order valence-electron chi connectivity index (χ2n) is 7.19. The van der Waals surface area contributed by atoms with E-state index in [-0.39, 0.29) is 5.41 Å². The summed E-state index contributed by atoms with van der Waals surface area (Å²) in [4.78, 5) is 36.6. The van der Waals surface area contributed by atoms with Gasteiger partial charge in [-0.1, -0.05) is 32.9 Å². The highest BCUT2D eigenvalue weighted by Gasteiger charge is 2.29. The minimum absolute atomic E-state index is 0.0207. The molecule has 2 amide bonds. The van der Waals surface area contributed by atoms with Crippen molar-refractivity contribution in [3.8, 4) is 0 Å². The third-order valence-corrected chi connectivity index (χ3v) is 4.33. The Balaban J connectivity index is 1.92. The van der Waals surface area contributed by atoms with Crippen LogP contribution in [-0.2, 0) is 19.8 Å². The number of likely N-dealkylation sites (tertiary alicyclic amines) is 1. The molecule has 0 aliphatic carbocycles. The molecule has 1 heterocycles. The summed E-state index contributed by atoms with van der Waals surface area (Å²) < 4.78 is 0. The normalized spacial score (nSPS) is 15.9. The molecular weight excluding hydrogens is 308 g/mol. The number of nitrogens with one attached hydrogen (secondary N) is 1. The number of carbonyl (C=O) groups excluding carboxylic acids is 2. The lowest BCUT2D eigenvalue weighted by atomic mass is 9.87. The van der Waals surface area contributed by atoms with Crippen LogP contribution in [0.2, 0.25) is 0 Å². The van der Waals surface area contributed by atoms with E-state index in [2.05, 4.69) is 26.1 Å². The van der Waals surface area contributed by atoms with Crippen LogP contribution < -0.4 is 5.32 Å². The maximum absolute atomic E-state index is 12.2. The third kappa shape index (κ3) is 4.34. The van der Waals surface area contributed by atoms with Gasteiger partial charge in [0.25, 0.3) is 0 Å². The number of piperidine rings is 1. The Morgan fingerprint density at radius 2 is 1.62 bits per heavy atom. The predicted molar refractivity (Wildman–Crippen MR) is 90.7 cm³/mol. The Morgan fingerprint density at radius 1 is 1.08 bits per heavy atom. The quantitative estimate of drug-likeness (QED) is 0.813. The maximum Gasteiger partial charge on any atom is 0.313 e. The van der Waals surface area contributed by atoms with E-state index >= 15 is 0 Å². The van der Waals surface area contributed by atoms with Gasteiger partial charge in [-0.25, -0.2) is 0 Å². The van der Waals surface area contributed by atoms with Crippen LogP contribution >= 0.6 is 0 Å². The number of anilines is 1. The molecular formula is C18H24N2O4. The van der Waals surface area contributed by atoms with Crippen molar-refractivity contribution in [1.29, 1.82) is 0 Å². The van der Waals surface area contributed by atoms with Crippen molar-refractivity contribution < 1.29 is 19.5 Å². The molecule has 0 atom stereocenters. The van der Waals surface area contributed by atoms with Gasteiger partial charge in [-0.15, -0.1) is 0 Å². The molecule has 0 radical (unpaired) electrons. The van der Waals surface area contributed by atoms with Gasteiger partial charge in [0.05, 0.1) is 5.92 Å². The van der Waals surface area contributed by atoms with Gasteiger partial charge in [-0.2, -0.15) is 0 Å². The number of carbonyl (C=O) groups is 3. The molecule has 1 fully saturated rings. The standard InChI is InChI=1S/C18H24N2O4/c1-18(2,3)13-4-6-14(7-5-13)19-15(21)16(22)20-10-8-12(9-11-20)17(23)24/h4-7,12H,8-11H2,1-3H3,(H,19,21)(H,23,24). The maximum atomic E-state index is 12.2. The van der Waals surface area contributed by atoms with Crippen molar-refractivity contribution in [3.63, 3.8) is 0 Å². The highest BCUT2D eigenvalue weighted by Crippen LogP contribution is 2.23. The molecule has 130 valence electrons. The van der Waals surface area contributed by atoms with Crippen molar-refractivity contribution in [1.82, 2.24) is 4.90 Å². The lowest BCUT2D eigenvalue weighted by molar-refractivity contribution is -0.148. The fourth-order valence-electron chi connectivity index (χ4n) is 2.71. The van der Waals surface area contributed by atoms with Crippen molar-refractivity contribution in [3.05, 3.63) is 29.8 Å². The monoisotopic (exact) mass is 332 g/mol. The molecule has 1 aromatic carbocycles. The van der Waals surface area contributed by atoms with Gasteiger partial charge in [0, 0.05) is 18.8 Å². The zero-order valence-corrected chi connectivity index (χ0v) is 14.3. The summed E-state index contributed by atoms with van der Waals surface area (Å²) in [5.74, 6) is -2.57. The van der Waals surface area contributed by atoms with E-state index in [9.17, 15) is 14.4 Å². The van der Waals surface area contributed by atoms with Gasteiger partial charge in [-0.3, -0.25) is 14.4 Å². The lowest BCUT2D eigenvalue weighted by Crippen LogP contribution is -2.45. The molecule has 1 aliphatic rings. The molecule has 2 rings (SSSR count). The van der Waals surface area contributed by atoms with E-state index in [0.29, 0.717) is 31.6 Å². The summed E-state index contributed by atoms with van der Waals surface area (Å²) in [6, 6.07) is 7.42. The average Bonchev–Trinajstić information content (AvgIpc) is 2.54. The molecule has 0 bridgehead atoms. The van der Waals surface area contributed by atoms with Crippen LogP contribution in [0, 0.1) is 5.92 Å². The van der Waals surface area contributed by atoms with Gasteiger partial charge in [0.1, 0.15) is 0 Å². The molecule has 1 saturated heterocycles. The molecule has 0 unspecified atom stereocenters. The molecule has 2 N–H and O–H groups in total. The van der Waals surface area contributed by atoms with Gasteiger partial charge in [0.15, 0.2) is 0 Å². The fraction of sp³-hybridized carbons (Fsp3) is 0.500. The lowest BCUT2D eigenvalue weighted by Gasteiger charge is -2.29. The van der Waals surface area contributed by atoms with E-state index in [4.69, 9.17) is 5.11 Å². The number of aliphatic carboxylic acids is 1. The summed E-state index contributed by atoms with van der Waals surface area (Å²) in [5, 5.41) is 11.6. The van der Waals surface area contributed by atoms with E-state index in [1.165, 1.54) is 4.90 Å². The van der Waals surface area contributed by atoms with E-state index in [0.717, 1.165) is 5.56 Å². The minimum Gasteiger partial charge on any atom is -0.481 e. The van der Waals surface area contributed by atoms with Gasteiger partial charge >= 0.3 is 17.8 Å². The van der Waals surface area contributed by atoms with E-state index in [1.54, 1.807) is 12.1 Å². The van der Waals surface area contributed by atoms with Crippen LogP contribution in [0.4, 0.5) is 5.69 Å². The van der Waals surface area contributed by atoms with E-state index in [1.807, 2.05) is 12.1 Å². The summed E-state index contributed by atoms with van der Waals surface area (Å²) >= 11 is 0. The van der Waals surface area contributed by atoms with Gasteiger partial charge in [0.2, 0.25) is 0 Å². The van der Waals surface area contributed by atoms with Crippen LogP contribution in [0.15, 0.2) is 24.3 Å². The fourth-order valence-corrected chi connectivity index (χ4v) is 2.71. The first-order chi connectivity index (χ1) is 11.2. The van der Waals surface area contributed by atoms with Crippen LogP contribution in [-0.4, -0.2) is 40.9 Å². The second-order valence-corrected chi connectivity index (χ2v) is 7.19. The number of hydrogen-bond donors (Lipinski definition) is 2. The van der Waals surface area contributed by atoms with Crippen LogP contribution in [0.1, 0.15) is 39.2 Å². The molecule has 0 spiro atoms. The summed E-state index contributed by atoms with van der Waals surface area (Å²) in [6.45, 7) is 6.90. The Labute approximate surface area is 141 Å². The highest BCUT2D eigenvalue weighted by molar-refractivity contribution is 6.39. The minimum atomic E-state index is -0.842. The number of rotatable bonds is 2. The van der Waals surface area contributed by atoms with Crippen molar-refractivity contribution in [2.24, 2.45) is 5.92 Å². The molecule has 0 saturated carbocycles. The first-order valence-corrected chi connectivity index (χ1v) is 8.12. The molecule has 24 heavy (non-hydrogen) atoms. The Hall–Kier alpha value is -2.37. The summed E-state index contributed by atoms with van der Waals surface area (Å²) in [7, 11) is 0. The van der Waals surface area contributed by atoms with Crippen LogP contribution in [0.5, 0.6) is 0 Å². The molecule has 6 heteroatoms. The number of nitrogens with zero attached hydrogens (tertiary/aromatic N) is 1. The molecule has 6 nitrogen and oxygen atoms in total. The number of carboxylic acid groups (broad SMARTS) is 1. The second kappa shape index (κ2) is 7.03. The predicted octanol–water partition coefficient (Wildman–Crippen LogP) is 2.25. The number of carboxylic acids is 1. The number of benzene rings is 1. The van der Waals surface area contributed by atoms with Gasteiger partial charge in [-0.05, 0) is 36.0 Å². The summed E-state index contributed by atoms with van der Waals surface area (Å²) in [5.41, 5.74) is 1.73. The Morgan fingerprint density at radius 3 is 2.08 bits per heavy atom. The Bertz CT molecular complexity index is 623. The number of hydrogen-bond acceptors (Lipinski definition) is 3. The molecule has 1 aliphatic heterocycles. The molecule has 0 aromatic heterocycles. The SMILES string of the molecule is CC(C)(C)c1ccc(NC(=O)C(=O)N2CCC(C(=O)O)CC2)cc1. The zero-order chi connectivity index (χ0) is 17.9. The highest BCUT2D eigenvalue weighted by atomic mass is 16.4. The first kappa shape index (κ1) is 18.0. The zero-order valence-electron chi connectivity index (χ0n) is 14.3. The van der Waals surface area contributed by atoms with E-state index < -0.39 is 23.7 Å². The van der Waals surface area contributed by atoms with Crippen molar-refractivity contribution in [2.45, 2.75) is 39.0 Å². The Kier molecular flexibility index (Phi) is 5.26.